The fraction of sp³-hybridized carbons (Fsp3) is 0.500. The lowest BCUT2D eigenvalue weighted by Crippen LogP contribution is -2.19. The SMILES string of the molecule is Cc1noc(-c2c(NC(=O)C3=C(C=O)CCCC3)sc3c2C(C)(C)CC3)n1. The van der Waals surface area contributed by atoms with Gasteiger partial charge in [0.15, 0.2) is 5.82 Å². The van der Waals surface area contributed by atoms with Gasteiger partial charge in [-0.05, 0) is 56.4 Å². The molecule has 27 heavy (non-hydrogen) atoms. The third-order valence-electron chi connectivity index (χ3n) is 5.53. The van der Waals surface area contributed by atoms with Crippen molar-refractivity contribution in [1.82, 2.24) is 10.1 Å². The first kappa shape index (κ1) is 18.1. The first-order chi connectivity index (χ1) is 12.9. The molecule has 0 unspecified atom stereocenters. The molecule has 0 saturated heterocycles. The van der Waals surface area contributed by atoms with E-state index in [1.165, 1.54) is 10.4 Å². The molecule has 1 amide bonds. The Kier molecular flexibility index (Phi) is 4.50. The van der Waals surface area contributed by atoms with Crippen LogP contribution in [0.1, 0.15) is 62.2 Å². The van der Waals surface area contributed by atoms with Crippen LogP contribution in [0.15, 0.2) is 15.7 Å². The van der Waals surface area contributed by atoms with Gasteiger partial charge in [0.05, 0.1) is 5.56 Å². The van der Waals surface area contributed by atoms with Gasteiger partial charge >= 0.3 is 0 Å². The van der Waals surface area contributed by atoms with Crippen molar-refractivity contribution in [2.75, 3.05) is 5.32 Å². The molecule has 0 aromatic carbocycles. The highest BCUT2D eigenvalue weighted by atomic mass is 32.1. The van der Waals surface area contributed by atoms with Gasteiger partial charge < -0.3 is 9.84 Å². The van der Waals surface area contributed by atoms with E-state index in [2.05, 4.69) is 29.3 Å². The van der Waals surface area contributed by atoms with Crippen LogP contribution in [0.5, 0.6) is 0 Å². The highest BCUT2D eigenvalue weighted by Gasteiger charge is 2.38. The van der Waals surface area contributed by atoms with E-state index < -0.39 is 0 Å². The number of fused-ring (bicyclic) bond motifs is 1. The number of aryl methyl sites for hydroxylation is 2. The van der Waals surface area contributed by atoms with Gasteiger partial charge in [-0.15, -0.1) is 11.3 Å². The Balaban J connectivity index is 1.77. The van der Waals surface area contributed by atoms with Crippen molar-refractivity contribution in [3.63, 3.8) is 0 Å². The van der Waals surface area contributed by atoms with E-state index >= 15 is 0 Å². The van der Waals surface area contributed by atoms with Crippen LogP contribution >= 0.6 is 11.3 Å². The van der Waals surface area contributed by atoms with E-state index in [0.29, 0.717) is 35.7 Å². The normalized spacial score (nSPS) is 18.5. The molecule has 2 aliphatic carbocycles. The summed E-state index contributed by atoms with van der Waals surface area (Å²) in [5.74, 6) is 0.826. The van der Waals surface area contributed by atoms with Crippen LogP contribution in [-0.4, -0.2) is 22.3 Å². The van der Waals surface area contributed by atoms with E-state index in [-0.39, 0.29) is 11.3 Å². The van der Waals surface area contributed by atoms with Crippen molar-refractivity contribution in [3.8, 4) is 11.5 Å². The van der Waals surface area contributed by atoms with Crippen LogP contribution in [0.2, 0.25) is 0 Å². The number of hydrogen-bond acceptors (Lipinski definition) is 6. The Bertz CT molecular complexity index is 952. The van der Waals surface area contributed by atoms with Crippen molar-refractivity contribution in [3.05, 3.63) is 27.4 Å². The van der Waals surface area contributed by atoms with Gasteiger partial charge in [0.25, 0.3) is 11.8 Å². The van der Waals surface area contributed by atoms with Crippen LogP contribution in [0, 0.1) is 6.92 Å². The molecule has 0 radical (unpaired) electrons. The van der Waals surface area contributed by atoms with Gasteiger partial charge in [-0.25, -0.2) is 0 Å². The van der Waals surface area contributed by atoms with Crippen LogP contribution in [0.3, 0.4) is 0 Å². The summed E-state index contributed by atoms with van der Waals surface area (Å²) >= 11 is 1.59. The van der Waals surface area contributed by atoms with Crippen LogP contribution in [-0.2, 0) is 21.4 Å². The summed E-state index contributed by atoms with van der Waals surface area (Å²) in [5.41, 5.74) is 3.26. The molecule has 4 rings (SSSR count). The van der Waals surface area contributed by atoms with E-state index in [4.69, 9.17) is 4.52 Å². The first-order valence-electron chi connectivity index (χ1n) is 9.36. The molecule has 2 aliphatic rings. The lowest BCUT2D eigenvalue weighted by molar-refractivity contribution is -0.113. The number of amides is 1. The minimum atomic E-state index is -0.188. The second-order valence-corrected chi connectivity index (χ2v) is 9.02. The second-order valence-electron chi connectivity index (χ2n) is 7.92. The van der Waals surface area contributed by atoms with E-state index in [9.17, 15) is 9.59 Å². The van der Waals surface area contributed by atoms with Crippen molar-refractivity contribution < 1.29 is 14.1 Å². The van der Waals surface area contributed by atoms with Crippen molar-refractivity contribution >= 4 is 28.5 Å². The number of nitrogens with one attached hydrogen (secondary N) is 1. The molecule has 0 atom stereocenters. The number of carbonyl (C=O) groups is 2. The standard InChI is InChI=1S/C20H23N3O3S/c1-11-21-18(26-23-11)15-16-14(8-9-20(16,2)3)27-19(15)22-17(25)13-7-5-4-6-12(13)10-24/h10H,4-9H2,1-3H3,(H,22,25). The summed E-state index contributed by atoms with van der Waals surface area (Å²) in [5, 5.41) is 7.73. The molecule has 7 heteroatoms. The predicted octanol–water partition coefficient (Wildman–Crippen LogP) is 4.34. The number of aldehydes is 1. The van der Waals surface area contributed by atoms with Crippen molar-refractivity contribution in [2.45, 2.75) is 64.7 Å². The highest BCUT2D eigenvalue weighted by molar-refractivity contribution is 7.17. The molecular formula is C20H23N3O3S. The molecule has 0 spiro atoms. The van der Waals surface area contributed by atoms with Gasteiger partial charge in [0.2, 0.25) is 0 Å². The number of thiophene rings is 1. The zero-order chi connectivity index (χ0) is 19.2. The fourth-order valence-corrected chi connectivity index (χ4v) is 5.47. The Morgan fingerprint density at radius 1 is 1.26 bits per heavy atom. The highest BCUT2D eigenvalue weighted by Crippen LogP contribution is 2.52. The van der Waals surface area contributed by atoms with E-state index in [1.54, 1.807) is 18.3 Å². The maximum Gasteiger partial charge on any atom is 0.261 e. The van der Waals surface area contributed by atoms with E-state index in [0.717, 1.165) is 42.5 Å². The zero-order valence-electron chi connectivity index (χ0n) is 15.8. The smallest absolute Gasteiger partial charge is 0.261 e. The molecule has 0 bridgehead atoms. The van der Waals surface area contributed by atoms with Crippen molar-refractivity contribution in [1.29, 1.82) is 0 Å². The maximum atomic E-state index is 12.9. The Morgan fingerprint density at radius 3 is 2.74 bits per heavy atom. The number of nitrogens with zero attached hydrogens (tertiary/aromatic N) is 2. The summed E-state index contributed by atoms with van der Waals surface area (Å²) < 4.78 is 5.46. The quantitative estimate of drug-likeness (QED) is 0.792. The number of hydrogen-bond donors (Lipinski definition) is 1. The van der Waals surface area contributed by atoms with Crippen molar-refractivity contribution in [2.24, 2.45) is 0 Å². The van der Waals surface area contributed by atoms with Crippen LogP contribution < -0.4 is 5.32 Å². The minimum Gasteiger partial charge on any atom is -0.334 e. The zero-order valence-corrected chi connectivity index (χ0v) is 16.7. The monoisotopic (exact) mass is 385 g/mol. The molecule has 0 fully saturated rings. The molecule has 2 aromatic rings. The van der Waals surface area contributed by atoms with Gasteiger partial charge in [-0.2, -0.15) is 4.98 Å². The summed E-state index contributed by atoms with van der Waals surface area (Å²) in [7, 11) is 0. The molecule has 2 aromatic heterocycles. The second kappa shape index (κ2) is 6.71. The predicted molar refractivity (Wildman–Crippen MR) is 104 cm³/mol. The minimum absolute atomic E-state index is 0.00934. The lowest BCUT2D eigenvalue weighted by atomic mass is 9.85. The Labute approximate surface area is 162 Å². The van der Waals surface area contributed by atoms with Crippen LogP contribution in [0.25, 0.3) is 11.5 Å². The van der Waals surface area contributed by atoms with Gasteiger partial charge in [0, 0.05) is 16.0 Å². The van der Waals surface area contributed by atoms with Gasteiger partial charge in [0.1, 0.15) is 11.3 Å². The lowest BCUT2D eigenvalue weighted by Gasteiger charge is -2.20. The summed E-state index contributed by atoms with van der Waals surface area (Å²) in [6.45, 7) is 6.20. The molecule has 6 nitrogen and oxygen atoms in total. The van der Waals surface area contributed by atoms with E-state index in [1.807, 2.05) is 0 Å². The summed E-state index contributed by atoms with van der Waals surface area (Å²) in [6.07, 6.45) is 6.08. The number of allylic oxidation sites excluding steroid dienone is 1. The number of rotatable bonds is 4. The Morgan fingerprint density at radius 2 is 2.04 bits per heavy atom. The fourth-order valence-electron chi connectivity index (χ4n) is 4.11. The average molecular weight is 385 g/mol. The molecule has 0 aliphatic heterocycles. The topological polar surface area (TPSA) is 85.1 Å². The average Bonchev–Trinajstić information content (AvgIpc) is 3.30. The third kappa shape index (κ3) is 3.14. The number of anilines is 1. The molecule has 2 heterocycles. The van der Waals surface area contributed by atoms with Gasteiger partial charge in [-0.3, -0.25) is 9.59 Å². The maximum absolute atomic E-state index is 12.9. The summed E-state index contributed by atoms with van der Waals surface area (Å²) in [6, 6.07) is 0. The first-order valence-corrected chi connectivity index (χ1v) is 10.2. The molecule has 1 N–H and O–H groups in total. The Hall–Kier alpha value is -2.28. The van der Waals surface area contributed by atoms with Crippen LogP contribution in [0.4, 0.5) is 5.00 Å². The molecule has 0 saturated carbocycles. The third-order valence-corrected chi connectivity index (χ3v) is 6.70. The molecular weight excluding hydrogens is 362 g/mol. The summed E-state index contributed by atoms with van der Waals surface area (Å²) in [4.78, 5) is 30.0. The van der Waals surface area contributed by atoms with Gasteiger partial charge in [-0.1, -0.05) is 19.0 Å². The number of aromatic nitrogens is 2. The molecule has 142 valence electrons. The number of carbonyl (C=O) groups excluding carboxylic acids is 2. The largest absolute Gasteiger partial charge is 0.334 e.